The molecular weight excluding hydrogens is 558 g/mol. The van der Waals surface area contributed by atoms with Crippen molar-refractivity contribution in [1.29, 1.82) is 0 Å². The molecule has 236 valence electrons. The highest BCUT2D eigenvalue weighted by Crippen LogP contribution is 2.28. The van der Waals surface area contributed by atoms with Crippen molar-refractivity contribution in [2.75, 3.05) is 72.5 Å². The molecule has 1 saturated heterocycles. The highest BCUT2D eigenvalue weighted by atomic mass is 32.2. The number of benzene rings is 1. The van der Waals surface area contributed by atoms with Crippen LogP contribution in [0.3, 0.4) is 0 Å². The molecule has 0 bridgehead atoms. The normalized spacial score (nSPS) is 14.3. The maximum atomic E-state index is 13.8. The van der Waals surface area contributed by atoms with Crippen LogP contribution in [0, 0.1) is 0 Å². The Bertz CT molecular complexity index is 1150. The van der Waals surface area contributed by atoms with E-state index >= 15 is 0 Å². The van der Waals surface area contributed by atoms with Crippen LogP contribution in [0.2, 0.25) is 0 Å². The summed E-state index contributed by atoms with van der Waals surface area (Å²) in [6.07, 6.45) is 8.08. The van der Waals surface area contributed by atoms with Crippen LogP contribution < -0.4 is 9.47 Å². The summed E-state index contributed by atoms with van der Waals surface area (Å²) in [7, 11) is -0.438. The van der Waals surface area contributed by atoms with E-state index in [0.717, 1.165) is 44.3 Å². The number of furan rings is 1. The number of hydrogen-bond donors (Lipinski definition) is 0. The third-order valence-electron chi connectivity index (χ3n) is 7.63. The minimum Gasteiger partial charge on any atom is -0.493 e. The number of morpholine rings is 1. The van der Waals surface area contributed by atoms with Gasteiger partial charge in [0, 0.05) is 32.7 Å². The molecule has 2 heterocycles. The van der Waals surface area contributed by atoms with Crippen molar-refractivity contribution in [3.8, 4) is 11.5 Å². The number of rotatable bonds is 20. The number of unbranched alkanes of at least 4 members (excludes halogenated alkanes) is 5. The molecule has 2 aromatic rings. The average Bonchev–Trinajstić information content (AvgIpc) is 3.52. The highest BCUT2D eigenvalue weighted by molar-refractivity contribution is 7.89. The number of amides is 1. The first-order valence-electron chi connectivity index (χ1n) is 15.1. The molecule has 11 heteroatoms. The highest BCUT2D eigenvalue weighted by Gasteiger charge is 2.28. The zero-order valence-corrected chi connectivity index (χ0v) is 26.4. The van der Waals surface area contributed by atoms with Gasteiger partial charge in [-0.3, -0.25) is 9.69 Å². The standard InChI is InChI=1S/C31H49N3O7S/c1-4-5-6-7-8-9-23-42(36,37)34(17-16-32-18-21-40-22-19-32)26-31(35)33(25-28-11-10-20-41-28)15-14-27-12-13-29(38-2)30(24-27)39-3/h10-13,20,24H,4-9,14-19,21-23,25-26H2,1-3H3. The number of ether oxygens (including phenoxy) is 3. The van der Waals surface area contributed by atoms with Gasteiger partial charge in [-0.15, -0.1) is 0 Å². The van der Waals surface area contributed by atoms with E-state index in [1.54, 1.807) is 31.4 Å². The molecule has 10 nitrogen and oxygen atoms in total. The number of nitrogens with zero attached hydrogens (tertiary/aromatic N) is 3. The molecule has 3 rings (SSSR count). The van der Waals surface area contributed by atoms with E-state index in [1.807, 2.05) is 24.3 Å². The Morgan fingerprint density at radius 1 is 0.976 bits per heavy atom. The summed E-state index contributed by atoms with van der Waals surface area (Å²) in [5, 5.41) is 0. The number of hydrogen-bond acceptors (Lipinski definition) is 8. The maximum Gasteiger partial charge on any atom is 0.238 e. The number of carbonyl (C=O) groups excluding carboxylic acids is 1. The second-order valence-corrected chi connectivity index (χ2v) is 12.8. The Balaban J connectivity index is 1.71. The third-order valence-corrected chi connectivity index (χ3v) is 9.53. The van der Waals surface area contributed by atoms with Crippen LogP contribution in [0.15, 0.2) is 41.0 Å². The van der Waals surface area contributed by atoms with Crippen molar-refractivity contribution in [2.45, 2.75) is 58.4 Å². The molecule has 0 atom stereocenters. The minimum absolute atomic E-state index is 0.0549. The van der Waals surface area contributed by atoms with Gasteiger partial charge in [-0.25, -0.2) is 8.42 Å². The van der Waals surface area contributed by atoms with Crippen molar-refractivity contribution in [3.05, 3.63) is 47.9 Å². The lowest BCUT2D eigenvalue weighted by Gasteiger charge is -2.31. The van der Waals surface area contributed by atoms with Crippen LogP contribution >= 0.6 is 0 Å². The van der Waals surface area contributed by atoms with Crippen molar-refractivity contribution >= 4 is 15.9 Å². The monoisotopic (exact) mass is 607 g/mol. The van der Waals surface area contributed by atoms with Crippen LogP contribution in [0.25, 0.3) is 0 Å². The largest absolute Gasteiger partial charge is 0.493 e. The van der Waals surface area contributed by atoms with Gasteiger partial charge in [-0.1, -0.05) is 45.1 Å². The summed E-state index contributed by atoms with van der Waals surface area (Å²) in [4.78, 5) is 17.6. The summed E-state index contributed by atoms with van der Waals surface area (Å²) in [5.74, 6) is 1.70. The van der Waals surface area contributed by atoms with Gasteiger partial charge in [0.25, 0.3) is 0 Å². The van der Waals surface area contributed by atoms with Gasteiger partial charge in [0.1, 0.15) is 5.76 Å². The molecule has 1 amide bonds. The summed E-state index contributed by atoms with van der Waals surface area (Å²) in [6, 6.07) is 9.29. The first-order chi connectivity index (χ1) is 20.4. The fourth-order valence-corrected chi connectivity index (χ4v) is 6.52. The molecule has 1 aromatic heterocycles. The SMILES string of the molecule is CCCCCCCCS(=O)(=O)N(CCN1CCOCC1)CC(=O)N(CCc1ccc(OC)c(OC)c1)Cc1ccco1. The molecule has 42 heavy (non-hydrogen) atoms. The molecular formula is C31H49N3O7S. The Hall–Kier alpha value is -2.60. The number of methoxy groups -OCH3 is 2. The van der Waals surface area contributed by atoms with E-state index in [2.05, 4.69) is 11.8 Å². The molecule has 0 N–H and O–H groups in total. The predicted molar refractivity (Wildman–Crippen MR) is 163 cm³/mol. The first kappa shape index (κ1) is 33.9. The van der Waals surface area contributed by atoms with Gasteiger partial charge in [0.2, 0.25) is 15.9 Å². The Kier molecular flexibility index (Phi) is 14.6. The van der Waals surface area contributed by atoms with Crippen LogP contribution in [-0.4, -0.2) is 101 Å². The lowest BCUT2D eigenvalue weighted by Crippen LogP contribution is -2.47. The Morgan fingerprint density at radius 3 is 2.40 bits per heavy atom. The fourth-order valence-electron chi connectivity index (χ4n) is 5.02. The zero-order chi connectivity index (χ0) is 30.2. The summed E-state index contributed by atoms with van der Waals surface area (Å²) in [6.45, 7) is 6.24. The van der Waals surface area contributed by atoms with Gasteiger partial charge in [0.05, 0.1) is 52.5 Å². The van der Waals surface area contributed by atoms with E-state index in [-0.39, 0.29) is 31.3 Å². The molecule has 1 aliphatic rings. The van der Waals surface area contributed by atoms with Crippen molar-refractivity contribution < 1.29 is 31.8 Å². The molecule has 1 fully saturated rings. The zero-order valence-electron chi connectivity index (χ0n) is 25.6. The first-order valence-corrected chi connectivity index (χ1v) is 16.8. The Morgan fingerprint density at radius 2 is 1.71 bits per heavy atom. The molecule has 0 saturated carbocycles. The van der Waals surface area contributed by atoms with E-state index in [4.69, 9.17) is 18.6 Å². The quantitative estimate of drug-likeness (QED) is 0.207. The van der Waals surface area contributed by atoms with Crippen LogP contribution in [0.1, 0.15) is 56.8 Å². The van der Waals surface area contributed by atoms with Gasteiger partial charge in [-0.2, -0.15) is 4.31 Å². The average molecular weight is 608 g/mol. The maximum absolute atomic E-state index is 13.8. The van der Waals surface area contributed by atoms with Crippen molar-refractivity contribution in [1.82, 2.24) is 14.1 Å². The van der Waals surface area contributed by atoms with Gasteiger partial charge in [0.15, 0.2) is 11.5 Å². The van der Waals surface area contributed by atoms with E-state index in [1.165, 1.54) is 10.7 Å². The lowest BCUT2D eigenvalue weighted by molar-refractivity contribution is -0.132. The molecule has 1 aromatic carbocycles. The molecule has 0 unspecified atom stereocenters. The van der Waals surface area contributed by atoms with Crippen LogP contribution in [0.5, 0.6) is 11.5 Å². The predicted octanol–water partition coefficient (Wildman–Crippen LogP) is 4.19. The van der Waals surface area contributed by atoms with Gasteiger partial charge < -0.3 is 23.5 Å². The van der Waals surface area contributed by atoms with E-state index in [0.29, 0.717) is 56.4 Å². The summed E-state index contributed by atoms with van der Waals surface area (Å²) < 4.78 is 50.3. The molecule has 1 aliphatic heterocycles. The molecule has 0 aliphatic carbocycles. The number of carbonyl (C=O) groups is 1. The third kappa shape index (κ3) is 11.2. The second kappa shape index (κ2) is 18.1. The topological polar surface area (TPSA) is 102 Å². The fraction of sp³-hybridized carbons (Fsp3) is 0.645. The Labute approximate surface area is 251 Å². The minimum atomic E-state index is -3.62. The molecule has 0 radical (unpaired) electrons. The summed E-state index contributed by atoms with van der Waals surface area (Å²) >= 11 is 0. The molecule has 0 spiro atoms. The summed E-state index contributed by atoms with van der Waals surface area (Å²) in [5.41, 5.74) is 0.977. The van der Waals surface area contributed by atoms with Gasteiger partial charge in [-0.05, 0) is 42.7 Å². The van der Waals surface area contributed by atoms with Gasteiger partial charge >= 0.3 is 0 Å². The van der Waals surface area contributed by atoms with Crippen molar-refractivity contribution in [3.63, 3.8) is 0 Å². The number of sulfonamides is 1. The lowest BCUT2D eigenvalue weighted by atomic mass is 10.1. The van der Waals surface area contributed by atoms with Crippen LogP contribution in [-0.2, 0) is 32.5 Å². The van der Waals surface area contributed by atoms with E-state index < -0.39 is 10.0 Å². The second-order valence-electron chi connectivity index (χ2n) is 10.7. The van der Waals surface area contributed by atoms with Crippen molar-refractivity contribution in [2.24, 2.45) is 0 Å². The van der Waals surface area contributed by atoms with Crippen LogP contribution in [0.4, 0.5) is 0 Å². The van der Waals surface area contributed by atoms with E-state index in [9.17, 15) is 13.2 Å². The smallest absolute Gasteiger partial charge is 0.238 e.